The standard InChI is InChI=1S/C65H124O6/c1-4-7-10-13-15-17-19-21-23-24-25-26-27-28-29-30-31-32-33-34-35-36-37-38-39-40-42-43-45-47-49-52-55-58-64(67)70-61-62(60-69-63(66)57-54-51-12-9-6-3)71-65(68)59-56-53-50-48-46-44-41-22-20-18-16-14-11-8-5-2/h24-25,62H,4-23,26-61H2,1-3H3/b25-24-. The molecule has 0 amide bonds. The Morgan fingerprint density at radius 1 is 0.268 bits per heavy atom. The minimum Gasteiger partial charge on any atom is -0.462 e. The molecule has 0 saturated heterocycles. The molecule has 420 valence electrons. The molecule has 6 heteroatoms. The molecule has 0 aliphatic rings. The van der Waals surface area contributed by atoms with E-state index in [1.807, 2.05) is 0 Å². The van der Waals surface area contributed by atoms with E-state index in [-0.39, 0.29) is 31.1 Å². The minimum atomic E-state index is -0.761. The summed E-state index contributed by atoms with van der Waals surface area (Å²) >= 11 is 0. The number of carbonyl (C=O) groups excluding carboxylic acids is 3. The maximum atomic E-state index is 12.8. The van der Waals surface area contributed by atoms with Gasteiger partial charge in [0.05, 0.1) is 0 Å². The lowest BCUT2D eigenvalue weighted by molar-refractivity contribution is -0.167. The van der Waals surface area contributed by atoms with E-state index in [9.17, 15) is 14.4 Å². The number of unbranched alkanes of at least 4 members (excludes halogenated alkanes) is 47. The molecule has 0 saturated carbocycles. The van der Waals surface area contributed by atoms with Crippen LogP contribution in [0, 0.1) is 0 Å². The first kappa shape index (κ1) is 69.2. The molecule has 0 spiro atoms. The van der Waals surface area contributed by atoms with Crippen LogP contribution in [0.25, 0.3) is 0 Å². The molecule has 1 unspecified atom stereocenters. The molecule has 71 heavy (non-hydrogen) atoms. The van der Waals surface area contributed by atoms with Crippen LogP contribution in [0.3, 0.4) is 0 Å². The van der Waals surface area contributed by atoms with Crippen LogP contribution in [0.2, 0.25) is 0 Å². The zero-order valence-electron chi connectivity index (χ0n) is 48.3. The first-order valence-corrected chi connectivity index (χ1v) is 32.2. The Balaban J connectivity index is 3.85. The highest BCUT2D eigenvalue weighted by Gasteiger charge is 2.19. The Morgan fingerprint density at radius 2 is 0.465 bits per heavy atom. The molecule has 0 radical (unpaired) electrons. The molecular formula is C65H124O6. The molecule has 0 bridgehead atoms. The van der Waals surface area contributed by atoms with Gasteiger partial charge in [-0.05, 0) is 44.9 Å². The zero-order valence-corrected chi connectivity index (χ0v) is 48.3. The van der Waals surface area contributed by atoms with Gasteiger partial charge in [-0.25, -0.2) is 0 Å². The van der Waals surface area contributed by atoms with Crippen LogP contribution in [0.15, 0.2) is 12.2 Å². The van der Waals surface area contributed by atoms with Crippen molar-refractivity contribution in [1.29, 1.82) is 0 Å². The van der Waals surface area contributed by atoms with Crippen molar-refractivity contribution in [1.82, 2.24) is 0 Å². The zero-order chi connectivity index (χ0) is 51.4. The summed E-state index contributed by atoms with van der Waals surface area (Å²) in [5, 5.41) is 0. The Kier molecular flexibility index (Phi) is 59.1. The topological polar surface area (TPSA) is 78.9 Å². The molecular weight excluding hydrogens is 877 g/mol. The van der Waals surface area contributed by atoms with E-state index in [1.54, 1.807) is 0 Å². The molecule has 0 heterocycles. The SMILES string of the molecule is CCCCCCCCCC/C=C\CCCCCCCCCCCCCCCCCCCCCCCC(=O)OCC(COC(=O)CCCCCCC)OC(=O)CCCCCCCCCCCCCCCCC. The van der Waals surface area contributed by atoms with E-state index in [4.69, 9.17) is 14.2 Å². The van der Waals surface area contributed by atoms with Crippen molar-refractivity contribution in [3.8, 4) is 0 Å². The van der Waals surface area contributed by atoms with Gasteiger partial charge in [-0.15, -0.1) is 0 Å². The maximum absolute atomic E-state index is 12.8. The number of hydrogen-bond acceptors (Lipinski definition) is 6. The summed E-state index contributed by atoms with van der Waals surface area (Å²) in [6.45, 7) is 6.62. The molecule has 0 fully saturated rings. The fraction of sp³-hybridized carbons (Fsp3) is 0.923. The Bertz CT molecular complexity index is 1100. The lowest BCUT2D eigenvalue weighted by Gasteiger charge is -2.18. The summed E-state index contributed by atoms with van der Waals surface area (Å²) in [4.78, 5) is 37.8. The summed E-state index contributed by atoms with van der Waals surface area (Å²) in [5.41, 5.74) is 0. The minimum absolute atomic E-state index is 0.0640. The fourth-order valence-corrected chi connectivity index (χ4v) is 9.91. The van der Waals surface area contributed by atoms with E-state index >= 15 is 0 Å². The second-order valence-electron chi connectivity index (χ2n) is 22.0. The summed E-state index contributed by atoms with van der Waals surface area (Å²) in [6, 6.07) is 0. The van der Waals surface area contributed by atoms with Crippen molar-refractivity contribution in [2.45, 2.75) is 374 Å². The third-order valence-corrected chi connectivity index (χ3v) is 14.8. The van der Waals surface area contributed by atoms with Gasteiger partial charge in [0.15, 0.2) is 6.10 Å². The first-order valence-electron chi connectivity index (χ1n) is 32.2. The van der Waals surface area contributed by atoms with Gasteiger partial charge < -0.3 is 14.2 Å². The molecule has 0 rings (SSSR count). The summed E-state index contributed by atoms with van der Waals surface area (Å²) < 4.78 is 16.8. The van der Waals surface area contributed by atoms with E-state index in [2.05, 4.69) is 32.9 Å². The average molecular weight is 1000 g/mol. The number of carbonyl (C=O) groups is 3. The number of esters is 3. The summed E-state index contributed by atoms with van der Waals surface area (Å²) in [6.07, 6.45) is 71.5. The highest BCUT2D eigenvalue weighted by Crippen LogP contribution is 2.18. The van der Waals surface area contributed by atoms with Crippen molar-refractivity contribution in [3.63, 3.8) is 0 Å². The summed E-state index contributed by atoms with van der Waals surface area (Å²) in [7, 11) is 0. The Morgan fingerprint density at radius 3 is 0.704 bits per heavy atom. The van der Waals surface area contributed by atoms with Crippen molar-refractivity contribution in [2.75, 3.05) is 13.2 Å². The van der Waals surface area contributed by atoms with E-state index in [0.29, 0.717) is 19.3 Å². The molecule has 1 atom stereocenters. The third-order valence-electron chi connectivity index (χ3n) is 14.8. The molecule has 6 nitrogen and oxygen atoms in total. The lowest BCUT2D eigenvalue weighted by atomic mass is 10.0. The summed E-state index contributed by atoms with van der Waals surface area (Å²) in [5.74, 6) is -0.854. The predicted octanol–water partition coefficient (Wildman–Crippen LogP) is 21.7. The number of rotatable bonds is 60. The Labute approximate surface area is 443 Å². The van der Waals surface area contributed by atoms with Gasteiger partial charge in [0.2, 0.25) is 0 Å². The average Bonchev–Trinajstić information content (AvgIpc) is 3.37. The second-order valence-corrected chi connectivity index (χ2v) is 22.0. The van der Waals surface area contributed by atoms with E-state index in [0.717, 1.165) is 64.2 Å². The molecule has 0 aliphatic heterocycles. The molecule has 0 aliphatic carbocycles. The second kappa shape index (κ2) is 60.7. The normalized spacial score (nSPS) is 12.0. The van der Waals surface area contributed by atoms with E-state index in [1.165, 1.54) is 263 Å². The van der Waals surface area contributed by atoms with Crippen LogP contribution in [0.5, 0.6) is 0 Å². The maximum Gasteiger partial charge on any atom is 0.306 e. The van der Waals surface area contributed by atoms with E-state index < -0.39 is 6.10 Å². The van der Waals surface area contributed by atoms with Crippen LogP contribution < -0.4 is 0 Å². The Hall–Kier alpha value is -1.85. The quantitative estimate of drug-likeness (QED) is 0.0261. The van der Waals surface area contributed by atoms with Crippen LogP contribution in [0.4, 0.5) is 0 Å². The van der Waals surface area contributed by atoms with Crippen LogP contribution in [-0.2, 0) is 28.6 Å². The van der Waals surface area contributed by atoms with Crippen molar-refractivity contribution in [3.05, 3.63) is 12.2 Å². The van der Waals surface area contributed by atoms with Crippen molar-refractivity contribution < 1.29 is 28.6 Å². The van der Waals surface area contributed by atoms with Gasteiger partial charge in [-0.2, -0.15) is 0 Å². The van der Waals surface area contributed by atoms with Crippen molar-refractivity contribution in [2.24, 2.45) is 0 Å². The van der Waals surface area contributed by atoms with Gasteiger partial charge in [0.25, 0.3) is 0 Å². The molecule has 0 aromatic rings. The van der Waals surface area contributed by atoms with Gasteiger partial charge in [-0.1, -0.05) is 315 Å². The first-order chi connectivity index (χ1) is 35.0. The smallest absolute Gasteiger partial charge is 0.306 e. The lowest BCUT2D eigenvalue weighted by Crippen LogP contribution is -2.30. The van der Waals surface area contributed by atoms with Crippen LogP contribution in [-0.4, -0.2) is 37.2 Å². The monoisotopic (exact) mass is 1000 g/mol. The van der Waals surface area contributed by atoms with Gasteiger partial charge >= 0.3 is 17.9 Å². The van der Waals surface area contributed by atoms with Crippen LogP contribution >= 0.6 is 0 Å². The van der Waals surface area contributed by atoms with Gasteiger partial charge in [0.1, 0.15) is 13.2 Å². The van der Waals surface area contributed by atoms with Crippen LogP contribution in [0.1, 0.15) is 367 Å². The number of allylic oxidation sites excluding steroid dienone is 2. The molecule has 0 aromatic carbocycles. The van der Waals surface area contributed by atoms with Gasteiger partial charge in [0, 0.05) is 19.3 Å². The number of hydrogen-bond donors (Lipinski definition) is 0. The third kappa shape index (κ3) is 58.9. The highest BCUT2D eigenvalue weighted by molar-refractivity contribution is 5.71. The largest absolute Gasteiger partial charge is 0.462 e. The highest BCUT2D eigenvalue weighted by atomic mass is 16.6. The molecule has 0 N–H and O–H groups in total. The number of ether oxygens (including phenoxy) is 3. The van der Waals surface area contributed by atoms with Gasteiger partial charge in [-0.3, -0.25) is 14.4 Å². The van der Waals surface area contributed by atoms with Crippen molar-refractivity contribution >= 4 is 17.9 Å². The molecule has 0 aromatic heterocycles. The fourth-order valence-electron chi connectivity index (χ4n) is 9.91. The predicted molar refractivity (Wildman–Crippen MR) is 307 cm³/mol.